The first kappa shape index (κ1) is 23.2. The third-order valence-corrected chi connectivity index (χ3v) is 6.21. The zero-order valence-corrected chi connectivity index (χ0v) is 17.0. The Morgan fingerprint density at radius 3 is 2.39 bits per heavy atom. The topological polar surface area (TPSA) is 75.7 Å². The van der Waals surface area contributed by atoms with Gasteiger partial charge < -0.3 is 4.74 Å². The van der Waals surface area contributed by atoms with Gasteiger partial charge in [-0.3, -0.25) is 4.79 Å². The second-order valence-corrected chi connectivity index (χ2v) is 8.62. The lowest BCUT2D eigenvalue weighted by Gasteiger charge is -2.29. The second-order valence-electron chi connectivity index (χ2n) is 6.54. The van der Waals surface area contributed by atoms with Crippen molar-refractivity contribution >= 4 is 27.7 Å². The van der Waals surface area contributed by atoms with E-state index >= 15 is 0 Å². The van der Waals surface area contributed by atoms with Gasteiger partial charge in [0.25, 0.3) is 5.91 Å². The van der Waals surface area contributed by atoms with Gasteiger partial charge in [-0.25, -0.2) is 13.5 Å². The number of hydrogen-bond acceptors (Lipinski definition) is 4. The second kappa shape index (κ2) is 8.60. The lowest BCUT2D eigenvalue weighted by Crippen LogP contribution is -2.49. The molecule has 1 fully saturated rings. The Morgan fingerprint density at radius 2 is 1.81 bits per heavy atom. The van der Waals surface area contributed by atoms with Gasteiger partial charge in [-0.15, -0.1) is 0 Å². The Morgan fingerprint density at radius 1 is 1.13 bits per heavy atom. The maximum absolute atomic E-state index is 14.3. The van der Waals surface area contributed by atoms with Crippen LogP contribution in [0, 0.1) is 11.6 Å². The fraction of sp³-hybridized carbons (Fsp3) is 0.278. The highest BCUT2D eigenvalue weighted by Gasteiger charge is 2.34. The molecule has 1 saturated heterocycles. The molecule has 1 N–H and O–H groups in total. The first-order chi connectivity index (χ1) is 14.4. The van der Waals surface area contributed by atoms with Crippen molar-refractivity contribution in [1.29, 1.82) is 0 Å². The van der Waals surface area contributed by atoms with E-state index in [4.69, 9.17) is 16.3 Å². The molecule has 1 amide bonds. The van der Waals surface area contributed by atoms with Crippen molar-refractivity contribution < 1.29 is 39.9 Å². The number of benzene rings is 2. The number of rotatable bonds is 6. The van der Waals surface area contributed by atoms with Crippen molar-refractivity contribution in [3.8, 4) is 5.75 Å². The van der Waals surface area contributed by atoms with E-state index in [0.717, 1.165) is 16.4 Å². The van der Waals surface area contributed by atoms with Crippen molar-refractivity contribution in [1.82, 2.24) is 9.03 Å². The summed E-state index contributed by atoms with van der Waals surface area (Å²) < 4.78 is 98.8. The van der Waals surface area contributed by atoms with Crippen LogP contribution in [0.1, 0.15) is 27.9 Å². The van der Waals surface area contributed by atoms with Gasteiger partial charge in [-0.1, -0.05) is 11.6 Å². The van der Waals surface area contributed by atoms with Crippen LogP contribution in [0.3, 0.4) is 0 Å². The van der Waals surface area contributed by atoms with E-state index < -0.39 is 62.2 Å². The average Bonchev–Trinajstić information content (AvgIpc) is 2.59. The highest BCUT2D eigenvalue weighted by molar-refractivity contribution is 7.87. The molecule has 168 valence electrons. The molecular weight excluding hydrogens is 471 g/mol. The lowest BCUT2D eigenvalue weighted by atomic mass is 10.1. The first-order valence-electron chi connectivity index (χ1n) is 8.68. The van der Waals surface area contributed by atoms with Gasteiger partial charge in [0.05, 0.1) is 16.1 Å². The summed E-state index contributed by atoms with van der Waals surface area (Å²) in [5, 5.41) is -0.555. The molecule has 6 nitrogen and oxygen atoms in total. The number of carbonyl (C=O) groups is 1. The number of alkyl halides is 3. The molecule has 0 bridgehead atoms. The van der Waals surface area contributed by atoms with E-state index in [2.05, 4.69) is 0 Å². The van der Waals surface area contributed by atoms with Crippen molar-refractivity contribution in [3.63, 3.8) is 0 Å². The molecule has 1 heterocycles. The standard InChI is InChI=1S/C18H14ClF5N2O4S/c19-14-3-2-11(7-13(14)18(22,23)24)30-9-10-6-16(21)12(8-15(10)20)17(27)25-31(28,29)26-4-1-5-26/h2-3,6-8H,1,4-5,9H2,(H,25,27). The summed E-state index contributed by atoms with van der Waals surface area (Å²) in [6.07, 6.45) is -4.12. The minimum Gasteiger partial charge on any atom is -0.489 e. The summed E-state index contributed by atoms with van der Waals surface area (Å²) in [4.78, 5) is 12.1. The van der Waals surface area contributed by atoms with Crippen molar-refractivity contribution in [2.75, 3.05) is 13.1 Å². The predicted octanol–water partition coefficient (Wildman–Crippen LogP) is 3.90. The lowest BCUT2D eigenvalue weighted by molar-refractivity contribution is -0.137. The smallest absolute Gasteiger partial charge is 0.417 e. The third-order valence-electron chi connectivity index (χ3n) is 4.39. The maximum Gasteiger partial charge on any atom is 0.417 e. The minimum absolute atomic E-state index is 0.205. The predicted molar refractivity (Wildman–Crippen MR) is 99.7 cm³/mol. The van der Waals surface area contributed by atoms with E-state index in [1.165, 1.54) is 0 Å². The van der Waals surface area contributed by atoms with Crippen molar-refractivity contribution in [2.45, 2.75) is 19.2 Å². The molecule has 13 heteroatoms. The van der Waals surface area contributed by atoms with Crippen LogP contribution in [-0.2, 0) is 23.0 Å². The van der Waals surface area contributed by atoms with Crippen LogP contribution in [0.5, 0.6) is 5.75 Å². The molecule has 2 aromatic carbocycles. The molecule has 31 heavy (non-hydrogen) atoms. The van der Waals surface area contributed by atoms with Gasteiger partial charge >= 0.3 is 16.4 Å². The molecule has 2 aromatic rings. The summed E-state index contributed by atoms with van der Waals surface area (Å²) >= 11 is 5.50. The molecule has 0 unspecified atom stereocenters. The van der Waals surface area contributed by atoms with Gasteiger partial charge in [0, 0.05) is 18.7 Å². The number of hydrogen-bond donors (Lipinski definition) is 1. The zero-order chi connectivity index (χ0) is 23.0. The quantitative estimate of drug-likeness (QED) is 0.631. The van der Waals surface area contributed by atoms with Gasteiger partial charge in [-0.2, -0.15) is 25.9 Å². The van der Waals surface area contributed by atoms with Crippen LogP contribution in [0.15, 0.2) is 30.3 Å². The third kappa shape index (κ3) is 5.25. The highest BCUT2D eigenvalue weighted by atomic mass is 35.5. The van der Waals surface area contributed by atoms with Crippen molar-refractivity contribution in [3.05, 3.63) is 63.7 Å². The first-order valence-corrected chi connectivity index (χ1v) is 10.5. The molecule has 3 rings (SSSR count). The number of nitrogens with zero attached hydrogens (tertiary/aromatic N) is 1. The van der Waals surface area contributed by atoms with Gasteiger partial charge in [-0.05, 0) is 36.8 Å². The highest BCUT2D eigenvalue weighted by Crippen LogP contribution is 2.37. The Balaban J connectivity index is 1.74. The molecule has 0 aliphatic carbocycles. The molecule has 0 radical (unpaired) electrons. The molecule has 1 aliphatic heterocycles. The van der Waals surface area contributed by atoms with Crippen molar-refractivity contribution in [2.24, 2.45) is 0 Å². The summed E-state index contributed by atoms with van der Waals surface area (Å²) in [7, 11) is -4.16. The number of amides is 1. The Bertz CT molecular complexity index is 1120. The average molecular weight is 485 g/mol. The van der Waals surface area contributed by atoms with Gasteiger partial charge in [0.2, 0.25) is 0 Å². The maximum atomic E-state index is 14.3. The summed E-state index contributed by atoms with van der Waals surface area (Å²) in [5.41, 5.74) is -2.41. The van der Waals surface area contributed by atoms with Gasteiger partial charge in [0.1, 0.15) is 24.0 Å². The summed E-state index contributed by atoms with van der Waals surface area (Å²) in [5.74, 6) is -4.00. The largest absolute Gasteiger partial charge is 0.489 e. The Labute approximate surface area is 178 Å². The molecule has 0 spiro atoms. The number of ether oxygens (including phenoxy) is 1. The zero-order valence-electron chi connectivity index (χ0n) is 15.5. The van der Waals surface area contributed by atoms with Crippen LogP contribution >= 0.6 is 11.6 Å². The van der Waals surface area contributed by atoms with Gasteiger partial charge in [0.15, 0.2) is 0 Å². The number of halogens is 6. The minimum atomic E-state index is -4.74. The van der Waals surface area contributed by atoms with Crippen LogP contribution in [0.4, 0.5) is 22.0 Å². The normalized spacial score (nSPS) is 14.8. The monoisotopic (exact) mass is 484 g/mol. The van der Waals surface area contributed by atoms with Crippen LogP contribution in [-0.4, -0.2) is 31.7 Å². The van der Waals surface area contributed by atoms with E-state index in [-0.39, 0.29) is 18.8 Å². The molecule has 1 aliphatic rings. The SMILES string of the molecule is O=C(NS(=O)(=O)N1CCC1)c1cc(F)c(COc2ccc(Cl)c(C(F)(F)F)c2)cc1F. The van der Waals surface area contributed by atoms with Crippen LogP contribution in [0.2, 0.25) is 5.02 Å². The molecule has 0 saturated carbocycles. The Hall–Kier alpha value is -2.44. The van der Waals surface area contributed by atoms with E-state index in [9.17, 15) is 35.2 Å². The van der Waals surface area contributed by atoms with Crippen LogP contribution < -0.4 is 9.46 Å². The summed E-state index contributed by atoms with van der Waals surface area (Å²) in [6.45, 7) is -0.247. The fourth-order valence-electron chi connectivity index (χ4n) is 2.61. The van der Waals surface area contributed by atoms with E-state index in [1.807, 2.05) is 0 Å². The molecule has 0 atom stereocenters. The van der Waals surface area contributed by atoms with E-state index in [1.54, 1.807) is 4.72 Å². The van der Waals surface area contributed by atoms with E-state index in [0.29, 0.717) is 24.6 Å². The Kier molecular flexibility index (Phi) is 6.44. The fourth-order valence-corrected chi connectivity index (χ4v) is 4.05. The molecule has 0 aromatic heterocycles. The number of nitrogens with one attached hydrogen (secondary N) is 1. The molecular formula is C18H14ClF5N2O4S. The van der Waals surface area contributed by atoms with Crippen LogP contribution in [0.25, 0.3) is 0 Å². The number of carbonyl (C=O) groups excluding carboxylic acids is 1. The summed E-state index contributed by atoms with van der Waals surface area (Å²) in [6, 6.07) is 3.76.